The molecule has 0 spiro atoms. The van der Waals surface area contributed by atoms with Gasteiger partial charge in [-0.1, -0.05) is 67.7 Å². The van der Waals surface area contributed by atoms with Crippen LogP contribution >= 0.6 is 0 Å². The van der Waals surface area contributed by atoms with Crippen LogP contribution in [-0.4, -0.2) is 0 Å². The summed E-state index contributed by atoms with van der Waals surface area (Å²) < 4.78 is 0. The van der Waals surface area contributed by atoms with Gasteiger partial charge in [-0.2, -0.15) is 0 Å². The molecule has 0 nitrogen and oxygen atoms in total. The van der Waals surface area contributed by atoms with E-state index in [4.69, 9.17) is 0 Å². The summed E-state index contributed by atoms with van der Waals surface area (Å²) in [5, 5.41) is 0. The summed E-state index contributed by atoms with van der Waals surface area (Å²) in [4.78, 5) is 0. The lowest BCUT2D eigenvalue weighted by Gasteiger charge is -2.31. The minimum Gasteiger partial charge on any atom is -0.0651 e. The molecule has 0 radical (unpaired) electrons. The second kappa shape index (κ2) is 7.30. The molecular weight excluding hydrogens is 180 g/mol. The zero-order chi connectivity index (χ0) is 12.0. The highest BCUT2D eigenvalue weighted by Crippen LogP contribution is 2.32. The molecule has 0 bridgehead atoms. The average molecular weight is 212 g/mol. The van der Waals surface area contributed by atoms with Gasteiger partial charge in [0, 0.05) is 0 Å². The molecule has 92 valence electrons. The summed E-state index contributed by atoms with van der Waals surface area (Å²) >= 11 is 0. The highest BCUT2D eigenvalue weighted by Gasteiger charge is 2.23. The van der Waals surface area contributed by atoms with E-state index in [0.717, 1.165) is 29.6 Å². The Balaban J connectivity index is 4.10. The van der Waals surface area contributed by atoms with Crippen LogP contribution in [0.25, 0.3) is 0 Å². The molecule has 0 heteroatoms. The lowest BCUT2D eigenvalue weighted by molar-refractivity contribution is 0.186. The molecule has 0 aromatic rings. The van der Waals surface area contributed by atoms with Gasteiger partial charge >= 0.3 is 0 Å². The normalized spacial score (nSPS) is 18.2. The van der Waals surface area contributed by atoms with Gasteiger partial charge in [0.2, 0.25) is 0 Å². The molecule has 0 rings (SSSR count). The van der Waals surface area contributed by atoms with E-state index in [1.54, 1.807) is 0 Å². The Morgan fingerprint density at radius 1 is 0.800 bits per heavy atom. The fraction of sp³-hybridized carbons (Fsp3) is 1.00. The molecule has 3 atom stereocenters. The van der Waals surface area contributed by atoms with Crippen LogP contribution in [-0.2, 0) is 0 Å². The second-order valence-corrected chi connectivity index (χ2v) is 6.12. The molecule has 0 saturated carbocycles. The fourth-order valence-electron chi connectivity index (χ4n) is 2.73. The third kappa shape index (κ3) is 5.58. The summed E-state index contributed by atoms with van der Waals surface area (Å²) in [7, 11) is 0. The van der Waals surface area contributed by atoms with Gasteiger partial charge in [0.15, 0.2) is 0 Å². The molecule has 0 amide bonds. The van der Waals surface area contributed by atoms with Crippen molar-refractivity contribution in [2.45, 2.75) is 67.7 Å². The van der Waals surface area contributed by atoms with E-state index in [1.165, 1.54) is 19.3 Å². The van der Waals surface area contributed by atoms with Crippen molar-refractivity contribution >= 4 is 0 Å². The van der Waals surface area contributed by atoms with Gasteiger partial charge in [0.05, 0.1) is 0 Å². The van der Waals surface area contributed by atoms with Gasteiger partial charge in [-0.3, -0.25) is 0 Å². The first-order chi connectivity index (χ1) is 6.90. The van der Waals surface area contributed by atoms with Crippen LogP contribution in [0.5, 0.6) is 0 Å². The summed E-state index contributed by atoms with van der Waals surface area (Å²) in [5.74, 6) is 4.38. The number of hydrogen-bond acceptors (Lipinski definition) is 0. The molecule has 0 saturated heterocycles. The fourth-order valence-corrected chi connectivity index (χ4v) is 2.73. The van der Waals surface area contributed by atoms with Crippen molar-refractivity contribution in [1.29, 1.82) is 0 Å². The van der Waals surface area contributed by atoms with E-state index in [9.17, 15) is 0 Å². The van der Waals surface area contributed by atoms with Crippen molar-refractivity contribution in [2.24, 2.45) is 29.6 Å². The maximum absolute atomic E-state index is 2.46. The summed E-state index contributed by atoms with van der Waals surface area (Å²) in [6, 6.07) is 0. The van der Waals surface area contributed by atoms with E-state index in [-0.39, 0.29) is 0 Å². The summed E-state index contributed by atoms with van der Waals surface area (Å²) in [5.41, 5.74) is 0. The molecule has 0 fully saturated rings. The van der Waals surface area contributed by atoms with Gasteiger partial charge in [-0.25, -0.2) is 0 Å². The van der Waals surface area contributed by atoms with Crippen LogP contribution in [0.1, 0.15) is 67.7 Å². The Morgan fingerprint density at radius 2 is 1.33 bits per heavy atom. The van der Waals surface area contributed by atoms with Gasteiger partial charge in [-0.05, 0) is 29.6 Å². The molecule has 0 N–H and O–H groups in total. The number of hydrogen-bond donors (Lipinski definition) is 0. The highest BCUT2D eigenvalue weighted by atomic mass is 14.3. The zero-order valence-electron chi connectivity index (χ0n) is 12.0. The lowest BCUT2D eigenvalue weighted by atomic mass is 9.74. The third-order valence-corrected chi connectivity index (χ3v) is 4.10. The smallest absolute Gasteiger partial charge is 0.0365 e. The van der Waals surface area contributed by atoms with Crippen LogP contribution in [0.3, 0.4) is 0 Å². The maximum atomic E-state index is 2.46. The number of rotatable bonds is 7. The third-order valence-electron chi connectivity index (χ3n) is 4.10. The molecule has 0 aliphatic carbocycles. The largest absolute Gasteiger partial charge is 0.0651 e. The maximum Gasteiger partial charge on any atom is -0.0365 e. The van der Waals surface area contributed by atoms with Crippen molar-refractivity contribution in [3.05, 3.63) is 0 Å². The van der Waals surface area contributed by atoms with Crippen LogP contribution < -0.4 is 0 Å². The molecular formula is C15H32. The predicted octanol–water partition coefficient (Wildman–Crippen LogP) is 5.38. The molecule has 0 aromatic heterocycles. The summed E-state index contributed by atoms with van der Waals surface area (Å²) in [6.45, 7) is 16.7. The van der Waals surface area contributed by atoms with Crippen LogP contribution in [0.4, 0.5) is 0 Å². The molecule has 0 heterocycles. The van der Waals surface area contributed by atoms with Crippen molar-refractivity contribution in [3.8, 4) is 0 Å². The van der Waals surface area contributed by atoms with Crippen molar-refractivity contribution in [3.63, 3.8) is 0 Å². The monoisotopic (exact) mass is 212 g/mol. The summed E-state index contributed by atoms with van der Waals surface area (Å²) in [6.07, 6.45) is 4.13. The Kier molecular flexibility index (Phi) is 7.30. The molecule has 3 unspecified atom stereocenters. The van der Waals surface area contributed by atoms with Crippen LogP contribution in [0.2, 0.25) is 0 Å². The van der Waals surface area contributed by atoms with Crippen molar-refractivity contribution < 1.29 is 0 Å². The molecule has 0 aliphatic heterocycles. The Hall–Kier alpha value is 0. The van der Waals surface area contributed by atoms with E-state index >= 15 is 0 Å². The first-order valence-corrected chi connectivity index (χ1v) is 6.90. The standard InChI is InChI=1S/C15H32/c1-8-15(12(4)5)14(7)13(6)10-9-11(2)3/h11-15H,8-10H2,1-7H3. The Labute approximate surface area is 97.8 Å². The van der Waals surface area contributed by atoms with E-state index in [0.29, 0.717) is 0 Å². The SMILES string of the molecule is CCC(C(C)C)C(C)C(C)CCC(C)C. The highest BCUT2D eigenvalue weighted by molar-refractivity contribution is 4.73. The van der Waals surface area contributed by atoms with E-state index in [1.807, 2.05) is 0 Å². The Bertz CT molecular complexity index is 146. The van der Waals surface area contributed by atoms with Crippen molar-refractivity contribution in [2.75, 3.05) is 0 Å². The Morgan fingerprint density at radius 3 is 1.67 bits per heavy atom. The minimum absolute atomic E-state index is 0.839. The molecule has 0 aromatic carbocycles. The van der Waals surface area contributed by atoms with Crippen molar-refractivity contribution in [1.82, 2.24) is 0 Å². The van der Waals surface area contributed by atoms with Crippen LogP contribution in [0.15, 0.2) is 0 Å². The quantitative estimate of drug-likeness (QED) is 0.531. The first-order valence-electron chi connectivity index (χ1n) is 6.90. The van der Waals surface area contributed by atoms with Gasteiger partial charge in [0.1, 0.15) is 0 Å². The topological polar surface area (TPSA) is 0 Å². The van der Waals surface area contributed by atoms with Crippen LogP contribution in [0, 0.1) is 29.6 Å². The van der Waals surface area contributed by atoms with E-state index in [2.05, 4.69) is 48.5 Å². The predicted molar refractivity (Wildman–Crippen MR) is 71.0 cm³/mol. The van der Waals surface area contributed by atoms with E-state index < -0.39 is 0 Å². The molecule has 0 aliphatic rings. The minimum atomic E-state index is 0.839. The average Bonchev–Trinajstić information content (AvgIpc) is 2.14. The molecule has 15 heavy (non-hydrogen) atoms. The van der Waals surface area contributed by atoms with Gasteiger partial charge < -0.3 is 0 Å². The van der Waals surface area contributed by atoms with Gasteiger partial charge in [-0.15, -0.1) is 0 Å². The van der Waals surface area contributed by atoms with Gasteiger partial charge in [0.25, 0.3) is 0 Å². The first kappa shape index (κ1) is 15.0. The zero-order valence-corrected chi connectivity index (χ0v) is 12.0. The second-order valence-electron chi connectivity index (χ2n) is 6.12. The lowest BCUT2D eigenvalue weighted by Crippen LogP contribution is -2.23.